The summed E-state index contributed by atoms with van der Waals surface area (Å²) in [5.41, 5.74) is 1.39. The Labute approximate surface area is 197 Å². The van der Waals surface area contributed by atoms with Crippen LogP contribution in [0, 0.1) is 0 Å². The predicted molar refractivity (Wildman–Crippen MR) is 123 cm³/mol. The van der Waals surface area contributed by atoms with Crippen molar-refractivity contribution in [3.8, 4) is 0 Å². The van der Waals surface area contributed by atoms with E-state index in [1.54, 1.807) is 24.4 Å². The van der Waals surface area contributed by atoms with Gasteiger partial charge in [-0.25, -0.2) is 9.78 Å². The Kier molecular flexibility index (Phi) is 6.52. The Balaban J connectivity index is 1.61. The molecule has 10 heteroatoms. The minimum absolute atomic E-state index is 0.104. The number of anilines is 2. The van der Waals surface area contributed by atoms with Crippen LogP contribution in [-0.2, 0) is 17.5 Å². The zero-order valence-electron chi connectivity index (χ0n) is 18.0. The van der Waals surface area contributed by atoms with Crippen molar-refractivity contribution >= 4 is 35.1 Å². The summed E-state index contributed by atoms with van der Waals surface area (Å²) in [6.45, 7) is 1.99. The van der Waals surface area contributed by atoms with E-state index in [0.29, 0.717) is 17.1 Å². The lowest BCUT2D eigenvalue weighted by Crippen LogP contribution is -2.35. The third-order valence-corrected chi connectivity index (χ3v) is 6.47. The van der Waals surface area contributed by atoms with Gasteiger partial charge in [0.05, 0.1) is 29.5 Å². The molecule has 1 aliphatic rings. The molecule has 176 valence electrons. The van der Waals surface area contributed by atoms with E-state index in [1.165, 1.54) is 40.9 Å². The summed E-state index contributed by atoms with van der Waals surface area (Å²) < 4.78 is 38.7. The summed E-state index contributed by atoms with van der Waals surface area (Å²) in [5, 5.41) is 12.4. The quantitative estimate of drug-likeness (QED) is 0.470. The van der Waals surface area contributed by atoms with Gasteiger partial charge in [0.1, 0.15) is 5.69 Å². The topological polar surface area (TPSA) is 82.5 Å². The van der Waals surface area contributed by atoms with Gasteiger partial charge in [-0.15, -0.1) is 11.8 Å². The van der Waals surface area contributed by atoms with Crippen LogP contribution in [0.15, 0.2) is 65.7 Å². The molecule has 2 aromatic carbocycles. The molecule has 1 aromatic heterocycles. The van der Waals surface area contributed by atoms with Gasteiger partial charge in [-0.05, 0) is 48.4 Å². The van der Waals surface area contributed by atoms with Crippen LogP contribution in [0.25, 0.3) is 0 Å². The highest BCUT2D eigenvalue weighted by Crippen LogP contribution is 2.41. The van der Waals surface area contributed by atoms with Crippen molar-refractivity contribution in [1.82, 2.24) is 4.98 Å². The number of benzene rings is 2. The van der Waals surface area contributed by atoms with Crippen LogP contribution in [0.3, 0.4) is 0 Å². The highest BCUT2D eigenvalue weighted by molar-refractivity contribution is 8.00. The van der Waals surface area contributed by atoms with Crippen molar-refractivity contribution in [1.29, 1.82) is 0 Å². The predicted octanol–water partition coefficient (Wildman–Crippen LogP) is 5.61. The van der Waals surface area contributed by atoms with Crippen molar-refractivity contribution in [2.45, 2.75) is 30.6 Å². The van der Waals surface area contributed by atoms with Crippen LogP contribution in [-0.4, -0.2) is 27.7 Å². The molecule has 6 nitrogen and oxygen atoms in total. The lowest BCUT2D eigenvalue weighted by Gasteiger charge is -2.31. The van der Waals surface area contributed by atoms with E-state index in [0.717, 1.165) is 22.6 Å². The second-order valence-electron chi connectivity index (χ2n) is 7.76. The fraction of sp³-hybridized carbons (Fsp3) is 0.208. The summed E-state index contributed by atoms with van der Waals surface area (Å²) in [6, 6.07) is 12.7. The third-order valence-electron chi connectivity index (χ3n) is 5.44. The molecule has 0 saturated heterocycles. The van der Waals surface area contributed by atoms with Crippen LogP contribution >= 0.6 is 11.8 Å². The highest BCUT2D eigenvalue weighted by atomic mass is 32.2. The minimum atomic E-state index is -4.43. The van der Waals surface area contributed by atoms with Crippen LogP contribution in [0.5, 0.6) is 0 Å². The SMILES string of the molecule is C[C@H](Nc1nccc2c1N(Cc1ccc(C(F)(F)F)cc1)C(=O)CS2)c1ccc(C(=O)O)cc1. The molecule has 0 fully saturated rings. The lowest BCUT2D eigenvalue weighted by atomic mass is 10.1. The number of carboxylic acid groups (broad SMARTS) is 1. The monoisotopic (exact) mass is 487 g/mol. The molecule has 0 radical (unpaired) electrons. The molecule has 1 aliphatic heterocycles. The van der Waals surface area contributed by atoms with E-state index in [-0.39, 0.29) is 29.8 Å². The van der Waals surface area contributed by atoms with E-state index in [9.17, 15) is 22.8 Å². The van der Waals surface area contributed by atoms with Crippen LogP contribution in [0.4, 0.5) is 24.7 Å². The molecule has 2 N–H and O–H groups in total. The molecule has 1 atom stereocenters. The largest absolute Gasteiger partial charge is 0.478 e. The van der Waals surface area contributed by atoms with Gasteiger partial charge in [-0.2, -0.15) is 13.2 Å². The summed E-state index contributed by atoms with van der Waals surface area (Å²) >= 11 is 1.37. The van der Waals surface area contributed by atoms with Gasteiger partial charge in [-0.3, -0.25) is 4.79 Å². The number of rotatable bonds is 6. The van der Waals surface area contributed by atoms with E-state index in [4.69, 9.17) is 5.11 Å². The standard InChI is InChI=1S/C24H20F3N3O3S/c1-14(16-4-6-17(7-5-16)23(32)33)29-22-21-19(10-11-28-22)34-13-20(31)30(21)12-15-2-8-18(9-3-15)24(25,26)27/h2-11,14H,12-13H2,1H3,(H,28,29)(H,32,33)/t14-/m0/s1. The molecule has 4 rings (SSSR count). The smallest absolute Gasteiger partial charge is 0.416 e. The number of carboxylic acids is 1. The maximum Gasteiger partial charge on any atom is 0.416 e. The van der Waals surface area contributed by atoms with Crippen molar-refractivity contribution in [2.24, 2.45) is 0 Å². The molecule has 34 heavy (non-hydrogen) atoms. The van der Waals surface area contributed by atoms with Gasteiger partial charge < -0.3 is 15.3 Å². The van der Waals surface area contributed by atoms with Gasteiger partial charge in [-0.1, -0.05) is 24.3 Å². The number of fused-ring (bicyclic) bond motifs is 1. The number of carbonyl (C=O) groups excluding carboxylic acids is 1. The number of aromatic carboxylic acids is 1. The number of nitrogens with one attached hydrogen (secondary N) is 1. The van der Waals surface area contributed by atoms with Gasteiger partial charge in [0.15, 0.2) is 5.82 Å². The number of hydrogen-bond acceptors (Lipinski definition) is 5. The van der Waals surface area contributed by atoms with Gasteiger partial charge >= 0.3 is 12.1 Å². The number of pyridine rings is 1. The molecule has 2 heterocycles. The number of halogens is 3. The Morgan fingerprint density at radius 3 is 2.44 bits per heavy atom. The van der Waals surface area contributed by atoms with Crippen molar-refractivity contribution in [2.75, 3.05) is 16.0 Å². The summed E-state index contributed by atoms with van der Waals surface area (Å²) in [6.07, 6.45) is -2.80. The zero-order valence-corrected chi connectivity index (χ0v) is 18.8. The van der Waals surface area contributed by atoms with Gasteiger partial charge in [0, 0.05) is 11.1 Å². The second kappa shape index (κ2) is 9.38. The van der Waals surface area contributed by atoms with Crippen LogP contribution in [0.2, 0.25) is 0 Å². The highest BCUT2D eigenvalue weighted by Gasteiger charge is 2.31. The third kappa shape index (κ3) is 5.01. The molecule has 3 aromatic rings. The first kappa shape index (κ1) is 23.6. The second-order valence-corrected chi connectivity index (χ2v) is 8.78. The number of nitrogens with zero attached hydrogens (tertiary/aromatic N) is 2. The zero-order chi connectivity index (χ0) is 24.5. The van der Waals surface area contributed by atoms with Crippen LogP contribution in [0.1, 0.15) is 40.0 Å². The van der Waals surface area contributed by atoms with E-state index >= 15 is 0 Å². The molecule has 0 bridgehead atoms. The van der Waals surface area contributed by atoms with E-state index in [2.05, 4.69) is 10.3 Å². The van der Waals surface area contributed by atoms with E-state index in [1.807, 2.05) is 6.92 Å². The first-order valence-corrected chi connectivity index (χ1v) is 11.3. The lowest BCUT2D eigenvalue weighted by molar-refractivity contribution is -0.137. The molecule has 1 amide bonds. The number of alkyl halides is 3. The number of carbonyl (C=O) groups is 2. The summed E-state index contributed by atoms with van der Waals surface area (Å²) in [4.78, 5) is 30.7. The normalized spacial score (nSPS) is 14.5. The van der Waals surface area contributed by atoms with Gasteiger partial charge in [0.2, 0.25) is 5.91 Å². The van der Waals surface area contributed by atoms with Crippen molar-refractivity contribution in [3.63, 3.8) is 0 Å². The minimum Gasteiger partial charge on any atom is -0.478 e. The summed E-state index contributed by atoms with van der Waals surface area (Å²) in [5.74, 6) is -0.518. The van der Waals surface area contributed by atoms with Crippen molar-refractivity contribution in [3.05, 3.63) is 83.0 Å². The number of amides is 1. The average Bonchev–Trinajstić information content (AvgIpc) is 2.81. The Hall–Kier alpha value is -3.53. The summed E-state index contributed by atoms with van der Waals surface area (Å²) in [7, 11) is 0. The van der Waals surface area contributed by atoms with E-state index < -0.39 is 17.7 Å². The maximum absolute atomic E-state index is 12.9. The molecule has 0 spiro atoms. The number of thioether (sulfide) groups is 1. The Morgan fingerprint density at radius 1 is 1.15 bits per heavy atom. The fourth-order valence-electron chi connectivity index (χ4n) is 3.61. The molecule has 0 unspecified atom stereocenters. The molecule has 0 saturated carbocycles. The van der Waals surface area contributed by atoms with Crippen LogP contribution < -0.4 is 10.2 Å². The van der Waals surface area contributed by atoms with Gasteiger partial charge in [0.25, 0.3) is 0 Å². The Morgan fingerprint density at radius 2 is 1.82 bits per heavy atom. The average molecular weight is 488 g/mol. The first-order chi connectivity index (χ1) is 16.1. The maximum atomic E-state index is 12.9. The first-order valence-electron chi connectivity index (χ1n) is 10.3. The molecular formula is C24H20F3N3O3S. The molecular weight excluding hydrogens is 467 g/mol. The number of aromatic nitrogens is 1. The number of hydrogen-bond donors (Lipinski definition) is 2. The molecule has 0 aliphatic carbocycles. The van der Waals surface area contributed by atoms with Crippen molar-refractivity contribution < 1.29 is 27.9 Å². The fourth-order valence-corrected chi connectivity index (χ4v) is 4.55. The Bertz CT molecular complexity index is 1210.